The average Bonchev–Trinajstić information content (AvgIpc) is 3.37. The van der Waals surface area contributed by atoms with Crippen LogP contribution in [0.15, 0.2) is 18.7 Å². The van der Waals surface area contributed by atoms with E-state index in [0.29, 0.717) is 32.5 Å². The molecule has 0 saturated carbocycles. The van der Waals surface area contributed by atoms with Gasteiger partial charge in [0.1, 0.15) is 12.6 Å². The molecule has 0 aromatic carbocycles. The van der Waals surface area contributed by atoms with Gasteiger partial charge < -0.3 is 19.5 Å². The third-order valence-corrected chi connectivity index (χ3v) is 6.22. The maximum atomic E-state index is 13.0. The number of likely N-dealkylation sites (tertiary alicyclic amines) is 1. The van der Waals surface area contributed by atoms with Crippen LogP contribution in [0.25, 0.3) is 0 Å². The fraction of sp³-hybridized carbons (Fsp3) is 0.600. The summed E-state index contributed by atoms with van der Waals surface area (Å²) >= 11 is 0. The van der Waals surface area contributed by atoms with E-state index in [0.717, 1.165) is 23.4 Å². The molecule has 1 atom stereocenters. The van der Waals surface area contributed by atoms with Gasteiger partial charge in [-0.15, -0.1) is 0 Å². The van der Waals surface area contributed by atoms with Crippen molar-refractivity contribution < 1.29 is 14.3 Å². The second kappa shape index (κ2) is 7.62. The Hall–Kier alpha value is -2.68. The SMILES string of the molecule is COCC(=O)N1CCc2[nH]cnc2C12CCN(C(=O)[C@@H](C)n1cc(C)cn1)CC2. The van der Waals surface area contributed by atoms with Crippen molar-refractivity contribution in [3.05, 3.63) is 35.7 Å². The Balaban J connectivity index is 1.54. The molecule has 0 bridgehead atoms. The van der Waals surface area contributed by atoms with Gasteiger partial charge >= 0.3 is 0 Å². The molecule has 0 aliphatic carbocycles. The number of carbonyl (C=O) groups excluding carboxylic acids is 2. The highest BCUT2D eigenvalue weighted by atomic mass is 16.5. The first-order chi connectivity index (χ1) is 14.0. The van der Waals surface area contributed by atoms with Crippen LogP contribution in [0.2, 0.25) is 0 Å². The van der Waals surface area contributed by atoms with Gasteiger partial charge in [-0.25, -0.2) is 4.98 Å². The van der Waals surface area contributed by atoms with E-state index in [1.165, 1.54) is 7.11 Å². The fourth-order valence-electron chi connectivity index (χ4n) is 4.67. The van der Waals surface area contributed by atoms with E-state index in [4.69, 9.17) is 4.74 Å². The summed E-state index contributed by atoms with van der Waals surface area (Å²) in [5.41, 5.74) is 2.58. The summed E-state index contributed by atoms with van der Waals surface area (Å²) in [4.78, 5) is 37.4. The number of hydrogen-bond acceptors (Lipinski definition) is 5. The number of carbonyl (C=O) groups is 2. The van der Waals surface area contributed by atoms with E-state index in [1.54, 1.807) is 17.2 Å². The number of aromatic nitrogens is 4. The number of rotatable bonds is 4. The number of H-pyrrole nitrogens is 1. The van der Waals surface area contributed by atoms with E-state index in [2.05, 4.69) is 15.1 Å². The molecule has 4 rings (SSSR count). The maximum absolute atomic E-state index is 13.0. The monoisotopic (exact) mass is 400 g/mol. The Labute approximate surface area is 170 Å². The molecular weight excluding hydrogens is 372 g/mol. The van der Waals surface area contributed by atoms with Crippen LogP contribution < -0.4 is 0 Å². The molecule has 1 spiro atoms. The van der Waals surface area contributed by atoms with E-state index in [9.17, 15) is 9.59 Å². The quantitative estimate of drug-likeness (QED) is 0.827. The fourth-order valence-corrected chi connectivity index (χ4v) is 4.67. The van der Waals surface area contributed by atoms with Crippen molar-refractivity contribution in [2.75, 3.05) is 33.4 Å². The number of imidazole rings is 1. The largest absolute Gasteiger partial charge is 0.375 e. The van der Waals surface area contributed by atoms with E-state index >= 15 is 0 Å². The van der Waals surface area contributed by atoms with Crippen molar-refractivity contribution in [3.8, 4) is 0 Å². The van der Waals surface area contributed by atoms with Crippen LogP contribution in [0.4, 0.5) is 0 Å². The van der Waals surface area contributed by atoms with Gasteiger partial charge in [0.25, 0.3) is 0 Å². The van der Waals surface area contributed by atoms with E-state index in [-0.39, 0.29) is 24.5 Å². The molecule has 29 heavy (non-hydrogen) atoms. The van der Waals surface area contributed by atoms with Crippen LogP contribution in [0.3, 0.4) is 0 Å². The van der Waals surface area contributed by atoms with Gasteiger partial charge in [0.15, 0.2) is 0 Å². The number of ether oxygens (including phenoxy) is 1. The van der Waals surface area contributed by atoms with Crippen molar-refractivity contribution in [2.45, 2.75) is 44.7 Å². The lowest BCUT2D eigenvalue weighted by Crippen LogP contribution is -2.59. The summed E-state index contributed by atoms with van der Waals surface area (Å²) < 4.78 is 6.82. The van der Waals surface area contributed by atoms with E-state index < -0.39 is 5.54 Å². The molecule has 2 aliphatic heterocycles. The zero-order valence-corrected chi connectivity index (χ0v) is 17.2. The molecule has 2 aromatic rings. The number of nitrogens with zero attached hydrogens (tertiary/aromatic N) is 5. The first-order valence-corrected chi connectivity index (χ1v) is 10.1. The van der Waals surface area contributed by atoms with Crippen molar-refractivity contribution in [2.24, 2.45) is 0 Å². The van der Waals surface area contributed by atoms with Crippen LogP contribution in [0.5, 0.6) is 0 Å². The number of fused-ring (bicyclic) bond motifs is 2. The number of nitrogens with one attached hydrogen (secondary N) is 1. The summed E-state index contributed by atoms with van der Waals surface area (Å²) in [6, 6.07) is -0.351. The van der Waals surface area contributed by atoms with Crippen molar-refractivity contribution in [1.82, 2.24) is 29.5 Å². The third kappa shape index (κ3) is 3.33. The van der Waals surface area contributed by atoms with Crippen LogP contribution in [-0.2, 0) is 26.3 Å². The molecule has 1 saturated heterocycles. The van der Waals surface area contributed by atoms with Gasteiger partial charge in [-0.2, -0.15) is 5.10 Å². The highest BCUT2D eigenvalue weighted by Crippen LogP contribution is 2.42. The second-order valence-electron chi connectivity index (χ2n) is 7.99. The predicted molar refractivity (Wildman–Crippen MR) is 105 cm³/mol. The molecule has 2 aliphatic rings. The van der Waals surface area contributed by atoms with Gasteiger partial charge in [-0.3, -0.25) is 14.3 Å². The second-order valence-corrected chi connectivity index (χ2v) is 7.99. The summed E-state index contributed by atoms with van der Waals surface area (Å²) in [5, 5.41) is 4.28. The minimum Gasteiger partial charge on any atom is -0.375 e. The maximum Gasteiger partial charge on any atom is 0.249 e. The third-order valence-electron chi connectivity index (χ3n) is 6.22. The van der Waals surface area contributed by atoms with Crippen LogP contribution >= 0.6 is 0 Å². The molecule has 9 heteroatoms. The summed E-state index contributed by atoms with van der Waals surface area (Å²) in [6.07, 6.45) is 7.43. The minimum atomic E-state index is -0.481. The molecule has 4 heterocycles. The Morgan fingerprint density at radius 3 is 2.72 bits per heavy atom. The lowest BCUT2D eigenvalue weighted by atomic mass is 9.78. The Morgan fingerprint density at radius 1 is 1.31 bits per heavy atom. The topological polar surface area (TPSA) is 96.4 Å². The minimum absolute atomic E-state index is 0.0266. The highest BCUT2D eigenvalue weighted by Gasteiger charge is 2.49. The number of aromatic amines is 1. The molecule has 1 N–H and O–H groups in total. The first kappa shape index (κ1) is 19.6. The lowest BCUT2D eigenvalue weighted by molar-refractivity contribution is -0.148. The molecule has 1 fully saturated rings. The van der Waals surface area contributed by atoms with Crippen LogP contribution in [0, 0.1) is 6.92 Å². The molecule has 0 unspecified atom stereocenters. The number of aryl methyl sites for hydroxylation is 1. The Kier molecular flexibility index (Phi) is 5.16. The zero-order valence-electron chi connectivity index (χ0n) is 17.2. The van der Waals surface area contributed by atoms with Gasteiger partial charge in [-0.1, -0.05) is 0 Å². The smallest absolute Gasteiger partial charge is 0.249 e. The Morgan fingerprint density at radius 2 is 2.07 bits per heavy atom. The van der Waals surface area contributed by atoms with Crippen molar-refractivity contribution in [1.29, 1.82) is 0 Å². The van der Waals surface area contributed by atoms with Gasteiger partial charge in [0.2, 0.25) is 11.8 Å². The highest BCUT2D eigenvalue weighted by molar-refractivity contribution is 5.81. The molecule has 0 radical (unpaired) electrons. The number of piperidine rings is 1. The molecule has 9 nitrogen and oxygen atoms in total. The summed E-state index contributed by atoms with van der Waals surface area (Å²) in [7, 11) is 1.54. The molecule has 156 valence electrons. The molecule has 2 amide bonds. The van der Waals surface area contributed by atoms with Crippen molar-refractivity contribution in [3.63, 3.8) is 0 Å². The molecule has 2 aromatic heterocycles. The molecular formula is C20H28N6O3. The Bertz CT molecular complexity index is 896. The van der Waals surface area contributed by atoms with Crippen LogP contribution in [0.1, 0.15) is 42.8 Å². The van der Waals surface area contributed by atoms with Crippen LogP contribution in [-0.4, -0.2) is 74.7 Å². The zero-order chi connectivity index (χ0) is 20.6. The van der Waals surface area contributed by atoms with Crippen molar-refractivity contribution >= 4 is 11.8 Å². The normalized spacial score (nSPS) is 19.3. The predicted octanol–water partition coefficient (Wildman–Crippen LogP) is 1.02. The van der Waals surface area contributed by atoms with Gasteiger partial charge in [0, 0.05) is 45.1 Å². The van der Waals surface area contributed by atoms with E-state index in [1.807, 2.05) is 29.8 Å². The van der Waals surface area contributed by atoms with Gasteiger partial charge in [-0.05, 0) is 32.3 Å². The number of amides is 2. The standard InChI is InChI=1S/C20H28N6O3/c1-14-10-23-26(11-14)15(2)19(28)24-8-5-20(6-9-24)18-16(21-13-22-18)4-7-25(20)17(27)12-29-3/h10-11,13,15H,4-9,12H2,1-3H3,(H,21,22)/t15-/m1/s1. The van der Waals surface area contributed by atoms with Gasteiger partial charge in [0.05, 0.1) is 23.8 Å². The number of hydrogen-bond donors (Lipinski definition) is 1. The first-order valence-electron chi connectivity index (χ1n) is 10.1. The average molecular weight is 400 g/mol. The number of methoxy groups -OCH3 is 1. The lowest BCUT2D eigenvalue weighted by Gasteiger charge is -2.50. The summed E-state index contributed by atoms with van der Waals surface area (Å²) in [5.74, 6) is 0.0251. The summed E-state index contributed by atoms with van der Waals surface area (Å²) in [6.45, 7) is 5.68.